The van der Waals surface area contributed by atoms with Crippen molar-refractivity contribution in [3.63, 3.8) is 0 Å². The Hall–Kier alpha value is -2.91. The van der Waals surface area contributed by atoms with Crippen LogP contribution in [0, 0.1) is 0 Å². The standard InChI is InChI=1S/C28H32F3N3O3/c29-28(30,31)20-9-6-8-19(13-20)26(37)32-15-25(36)33-22-16-34(17-23(22)35)24-14-18-7-2-3-10-21(18)27(24)11-4-1-5-12-27/h2-3,6-10,13,22-24,35H,1,4-5,11-12,14-17H2,(H,32,37)(H,33,36)/t22-,23-,24?/m0/s1. The van der Waals surface area contributed by atoms with Crippen molar-refractivity contribution in [3.8, 4) is 0 Å². The summed E-state index contributed by atoms with van der Waals surface area (Å²) in [6, 6.07) is 12.5. The van der Waals surface area contributed by atoms with Gasteiger partial charge in [0.25, 0.3) is 5.91 Å². The predicted octanol–water partition coefficient (Wildman–Crippen LogP) is 3.42. The molecule has 1 saturated heterocycles. The number of fused-ring (bicyclic) bond motifs is 2. The highest BCUT2D eigenvalue weighted by atomic mass is 19.4. The molecule has 3 aliphatic rings. The number of carbonyl (C=O) groups is 2. The van der Waals surface area contributed by atoms with Crippen molar-refractivity contribution in [3.05, 3.63) is 70.8 Å². The number of rotatable bonds is 5. The number of hydrogen-bond donors (Lipinski definition) is 3. The SMILES string of the molecule is O=C(CNC(=O)c1cccc(C(F)(F)F)c1)N[C@H]1CN(C2Cc3ccccc3C23CCCCC3)C[C@@H]1O. The number of likely N-dealkylation sites (tertiary alicyclic amines) is 1. The highest BCUT2D eigenvalue weighted by Crippen LogP contribution is 2.51. The molecule has 3 atom stereocenters. The Morgan fingerprint density at radius 1 is 1.03 bits per heavy atom. The van der Waals surface area contributed by atoms with Gasteiger partial charge in [-0.05, 0) is 48.6 Å². The van der Waals surface area contributed by atoms with E-state index >= 15 is 0 Å². The summed E-state index contributed by atoms with van der Waals surface area (Å²) in [5, 5.41) is 16.0. The van der Waals surface area contributed by atoms with Gasteiger partial charge in [-0.2, -0.15) is 13.2 Å². The number of halogens is 3. The zero-order valence-corrected chi connectivity index (χ0v) is 20.6. The molecule has 37 heavy (non-hydrogen) atoms. The molecule has 1 heterocycles. The fraction of sp³-hybridized carbons (Fsp3) is 0.500. The molecule has 2 aliphatic carbocycles. The molecule has 2 amide bonds. The largest absolute Gasteiger partial charge is 0.416 e. The van der Waals surface area contributed by atoms with Crippen LogP contribution in [-0.4, -0.2) is 59.6 Å². The molecule has 6 nitrogen and oxygen atoms in total. The summed E-state index contributed by atoms with van der Waals surface area (Å²) < 4.78 is 38.8. The minimum Gasteiger partial charge on any atom is -0.390 e. The van der Waals surface area contributed by atoms with Crippen molar-refractivity contribution in [2.75, 3.05) is 19.6 Å². The summed E-state index contributed by atoms with van der Waals surface area (Å²) in [5.41, 5.74) is 1.77. The van der Waals surface area contributed by atoms with E-state index in [1.807, 2.05) is 0 Å². The van der Waals surface area contributed by atoms with Gasteiger partial charge in [0.2, 0.25) is 5.91 Å². The van der Waals surface area contributed by atoms with Crippen LogP contribution in [-0.2, 0) is 22.8 Å². The summed E-state index contributed by atoms with van der Waals surface area (Å²) in [6.07, 6.45) is 1.49. The molecule has 2 aromatic carbocycles. The number of β-amino-alcohol motifs (C(OH)–C–C–N with tert-alkyl or cyclic N) is 1. The number of benzene rings is 2. The van der Waals surface area contributed by atoms with Gasteiger partial charge in [-0.25, -0.2) is 0 Å². The second-order valence-corrected chi connectivity index (χ2v) is 10.6. The molecule has 0 bridgehead atoms. The lowest BCUT2D eigenvalue weighted by molar-refractivity contribution is -0.137. The van der Waals surface area contributed by atoms with Gasteiger partial charge < -0.3 is 15.7 Å². The van der Waals surface area contributed by atoms with Crippen molar-refractivity contribution >= 4 is 11.8 Å². The highest BCUT2D eigenvalue weighted by molar-refractivity contribution is 5.96. The fourth-order valence-corrected chi connectivity index (χ4v) is 6.60. The second kappa shape index (κ2) is 10.1. The van der Waals surface area contributed by atoms with E-state index in [0.29, 0.717) is 13.1 Å². The monoisotopic (exact) mass is 515 g/mol. The summed E-state index contributed by atoms with van der Waals surface area (Å²) in [6.45, 7) is 0.577. The van der Waals surface area contributed by atoms with Gasteiger partial charge >= 0.3 is 6.18 Å². The first-order chi connectivity index (χ1) is 17.7. The minimum atomic E-state index is -4.56. The number of carbonyl (C=O) groups excluding carboxylic acids is 2. The Kier molecular flexibility index (Phi) is 7.02. The Morgan fingerprint density at radius 3 is 2.54 bits per heavy atom. The fourth-order valence-electron chi connectivity index (χ4n) is 6.60. The Morgan fingerprint density at radius 2 is 1.78 bits per heavy atom. The van der Waals surface area contributed by atoms with Crippen molar-refractivity contribution in [1.29, 1.82) is 0 Å². The van der Waals surface area contributed by atoms with Crippen molar-refractivity contribution in [2.45, 2.75) is 68.3 Å². The third-order valence-electron chi connectivity index (χ3n) is 8.32. The molecule has 198 valence electrons. The number of alkyl halides is 3. The van der Waals surface area contributed by atoms with Crippen LogP contribution in [0.3, 0.4) is 0 Å². The average molecular weight is 516 g/mol. The molecule has 1 saturated carbocycles. The van der Waals surface area contributed by atoms with E-state index in [2.05, 4.69) is 39.8 Å². The van der Waals surface area contributed by atoms with Gasteiger partial charge in [-0.15, -0.1) is 0 Å². The maximum atomic E-state index is 12.9. The zero-order valence-electron chi connectivity index (χ0n) is 20.6. The Balaban J connectivity index is 1.19. The van der Waals surface area contributed by atoms with Gasteiger partial charge in [-0.1, -0.05) is 49.6 Å². The minimum absolute atomic E-state index is 0.0758. The number of amides is 2. The van der Waals surface area contributed by atoms with E-state index in [1.54, 1.807) is 0 Å². The molecular formula is C28H32F3N3O3. The molecule has 3 N–H and O–H groups in total. The maximum Gasteiger partial charge on any atom is 0.416 e. The van der Waals surface area contributed by atoms with Gasteiger partial charge in [0, 0.05) is 30.1 Å². The summed E-state index contributed by atoms with van der Waals surface area (Å²) in [4.78, 5) is 27.2. The molecule has 0 radical (unpaired) electrons. The van der Waals surface area contributed by atoms with Crippen LogP contribution in [0.4, 0.5) is 13.2 Å². The van der Waals surface area contributed by atoms with E-state index in [0.717, 1.165) is 37.5 Å². The first kappa shape index (κ1) is 25.7. The molecule has 1 unspecified atom stereocenters. The molecule has 1 spiro atoms. The van der Waals surface area contributed by atoms with E-state index in [9.17, 15) is 27.9 Å². The van der Waals surface area contributed by atoms with E-state index in [1.165, 1.54) is 36.5 Å². The van der Waals surface area contributed by atoms with Crippen LogP contribution in [0.1, 0.15) is 59.2 Å². The van der Waals surface area contributed by atoms with Crippen LogP contribution < -0.4 is 10.6 Å². The van der Waals surface area contributed by atoms with Gasteiger partial charge in [-0.3, -0.25) is 14.5 Å². The lowest BCUT2D eigenvalue weighted by atomic mass is 9.67. The molecule has 2 fully saturated rings. The van der Waals surface area contributed by atoms with Crippen LogP contribution in [0.25, 0.3) is 0 Å². The molecule has 1 aliphatic heterocycles. The molecule has 9 heteroatoms. The number of aliphatic hydroxyl groups excluding tert-OH is 1. The Labute approximate surface area is 214 Å². The Bertz CT molecular complexity index is 1160. The van der Waals surface area contributed by atoms with Gasteiger partial charge in [0.1, 0.15) is 0 Å². The molecule has 5 rings (SSSR count). The molecule has 2 aromatic rings. The van der Waals surface area contributed by atoms with Crippen LogP contribution in [0.5, 0.6) is 0 Å². The number of hydrogen-bond acceptors (Lipinski definition) is 4. The first-order valence-corrected chi connectivity index (χ1v) is 12.9. The molecule has 0 aromatic heterocycles. The van der Waals surface area contributed by atoms with E-state index in [-0.39, 0.29) is 17.0 Å². The normalized spacial score (nSPS) is 25.1. The number of nitrogens with one attached hydrogen (secondary N) is 2. The van der Waals surface area contributed by atoms with E-state index in [4.69, 9.17) is 0 Å². The quantitative estimate of drug-likeness (QED) is 0.570. The summed E-state index contributed by atoms with van der Waals surface area (Å²) in [5.74, 6) is -1.26. The predicted molar refractivity (Wildman–Crippen MR) is 132 cm³/mol. The third-order valence-corrected chi connectivity index (χ3v) is 8.32. The lowest BCUT2D eigenvalue weighted by Gasteiger charge is -2.44. The highest BCUT2D eigenvalue weighted by Gasteiger charge is 2.51. The topological polar surface area (TPSA) is 81.7 Å². The lowest BCUT2D eigenvalue weighted by Crippen LogP contribution is -2.50. The van der Waals surface area contributed by atoms with Gasteiger partial charge in [0.15, 0.2) is 0 Å². The van der Waals surface area contributed by atoms with E-state index < -0.39 is 42.2 Å². The number of nitrogens with zero attached hydrogens (tertiary/aromatic N) is 1. The summed E-state index contributed by atoms with van der Waals surface area (Å²) >= 11 is 0. The zero-order chi connectivity index (χ0) is 26.2. The third kappa shape index (κ3) is 5.11. The number of aliphatic hydroxyl groups is 1. The van der Waals surface area contributed by atoms with Crippen LogP contribution in [0.15, 0.2) is 48.5 Å². The molecular weight excluding hydrogens is 483 g/mol. The van der Waals surface area contributed by atoms with Gasteiger partial charge in [0.05, 0.1) is 24.3 Å². The van der Waals surface area contributed by atoms with Crippen molar-refractivity contribution < 1.29 is 27.9 Å². The second-order valence-electron chi connectivity index (χ2n) is 10.6. The van der Waals surface area contributed by atoms with Crippen molar-refractivity contribution in [1.82, 2.24) is 15.5 Å². The van der Waals surface area contributed by atoms with Crippen LogP contribution >= 0.6 is 0 Å². The van der Waals surface area contributed by atoms with Crippen LogP contribution in [0.2, 0.25) is 0 Å². The summed E-state index contributed by atoms with van der Waals surface area (Å²) in [7, 11) is 0. The van der Waals surface area contributed by atoms with Crippen molar-refractivity contribution in [2.24, 2.45) is 0 Å². The maximum absolute atomic E-state index is 12.9. The first-order valence-electron chi connectivity index (χ1n) is 12.9. The average Bonchev–Trinajstić information content (AvgIpc) is 3.40. The smallest absolute Gasteiger partial charge is 0.390 e.